The van der Waals surface area contributed by atoms with Crippen molar-refractivity contribution in [2.75, 3.05) is 12.9 Å². The average Bonchev–Trinajstić information content (AvgIpc) is 2.67. The predicted molar refractivity (Wildman–Crippen MR) is 110 cm³/mol. The van der Waals surface area contributed by atoms with Crippen LogP contribution in [0, 0.1) is 0 Å². The van der Waals surface area contributed by atoms with Gasteiger partial charge in [0, 0.05) is 15.3 Å². The minimum absolute atomic E-state index is 0.185. The number of methoxy groups -OCH3 is 1. The standard InChI is InChI=1S/C19H17BrN4O2S/c1-3-27-19-22-18(25)16-13-10-11(20)8-9-14(13)21-17(24(16)23-19)12-6-4-5-7-15(12)26-2/h4-10,17H,3H2,1-2H3,(H,22,23,25)/t17-/m1/s1. The van der Waals surface area contributed by atoms with Gasteiger partial charge in [-0.3, -0.25) is 15.1 Å². The van der Waals surface area contributed by atoms with Crippen molar-refractivity contribution in [2.45, 2.75) is 13.1 Å². The van der Waals surface area contributed by atoms with Gasteiger partial charge < -0.3 is 4.74 Å². The third-order valence-corrected chi connectivity index (χ3v) is 5.51. The molecule has 1 N–H and O–H groups in total. The topological polar surface area (TPSA) is 66.3 Å². The van der Waals surface area contributed by atoms with E-state index in [1.807, 2.05) is 49.4 Å². The highest BCUT2D eigenvalue weighted by Gasteiger charge is 2.35. The molecule has 0 spiro atoms. The maximum absolute atomic E-state index is 12.9. The van der Waals surface area contributed by atoms with E-state index in [0.717, 1.165) is 26.4 Å². The van der Waals surface area contributed by atoms with E-state index in [0.29, 0.717) is 16.6 Å². The second kappa shape index (κ2) is 7.36. The van der Waals surface area contributed by atoms with Crippen LogP contribution < -0.4 is 20.6 Å². The van der Waals surface area contributed by atoms with Gasteiger partial charge in [0.25, 0.3) is 5.91 Å². The van der Waals surface area contributed by atoms with Crippen LogP contribution in [-0.4, -0.2) is 28.9 Å². The summed E-state index contributed by atoms with van der Waals surface area (Å²) in [5.41, 5.74) is 1.34. The van der Waals surface area contributed by atoms with E-state index >= 15 is 0 Å². The molecule has 4 rings (SSSR count). The van der Waals surface area contributed by atoms with E-state index in [1.54, 1.807) is 12.1 Å². The number of thioether (sulfide) groups is 1. The lowest BCUT2D eigenvalue weighted by molar-refractivity contribution is -0.116. The summed E-state index contributed by atoms with van der Waals surface area (Å²) in [6.07, 6.45) is -0.483. The molecule has 2 aromatic carbocycles. The number of hydrazone groups is 1. The zero-order valence-electron chi connectivity index (χ0n) is 14.8. The van der Waals surface area contributed by atoms with Gasteiger partial charge in [-0.15, -0.1) is 5.10 Å². The third kappa shape index (κ3) is 3.23. The maximum atomic E-state index is 12.9. The Labute approximate surface area is 169 Å². The van der Waals surface area contributed by atoms with Gasteiger partial charge >= 0.3 is 0 Å². The first-order chi connectivity index (χ1) is 13.1. The van der Waals surface area contributed by atoms with Crippen molar-refractivity contribution in [2.24, 2.45) is 10.1 Å². The van der Waals surface area contributed by atoms with Crippen molar-refractivity contribution in [3.05, 3.63) is 63.1 Å². The molecular weight excluding hydrogens is 428 g/mol. The molecule has 0 aliphatic carbocycles. The van der Waals surface area contributed by atoms with Crippen LogP contribution in [-0.2, 0) is 4.79 Å². The summed E-state index contributed by atoms with van der Waals surface area (Å²) >= 11 is 4.97. The molecule has 0 bridgehead atoms. The molecule has 0 saturated carbocycles. The van der Waals surface area contributed by atoms with Crippen LogP contribution in [0.3, 0.4) is 0 Å². The number of nitrogens with one attached hydrogen (secondary N) is 1. The second-order valence-electron chi connectivity index (χ2n) is 5.89. The van der Waals surface area contributed by atoms with Gasteiger partial charge in [-0.2, -0.15) is 0 Å². The zero-order valence-corrected chi connectivity index (χ0v) is 17.2. The van der Waals surface area contributed by atoms with Gasteiger partial charge in [-0.25, -0.2) is 5.01 Å². The molecule has 1 atom stereocenters. The number of hydrogen-bond acceptors (Lipinski definition) is 6. The molecule has 2 heterocycles. The Hall–Kier alpha value is -2.32. The molecule has 8 heteroatoms. The first kappa shape index (κ1) is 18.1. The molecule has 1 amide bonds. The number of amides is 1. The number of nitrogens with zero attached hydrogens (tertiary/aromatic N) is 3. The Morgan fingerprint density at radius 1 is 1.30 bits per heavy atom. The van der Waals surface area contributed by atoms with E-state index in [2.05, 4.69) is 26.3 Å². The highest BCUT2D eigenvalue weighted by Crippen LogP contribution is 2.35. The Morgan fingerprint density at radius 2 is 2.11 bits per heavy atom. The Bertz CT molecular complexity index is 1070. The molecule has 0 saturated heterocycles. The summed E-state index contributed by atoms with van der Waals surface area (Å²) in [4.78, 5) is 17.8. The smallest absolute Gasteiger partial charge is 0.276 e. The number of hydrogen-bond donors (Lipinski definition) is 1. The van der Waals surface area contributed by atoms with Crippen LogP contribution in [0.2, 0.25) is 0 Å². The summed E-state index contributed by atoms with van der Waals surface area (Å²) in [6, 6.07) is 13.4. The molecule has 6 nitrogen and oxygen atoms in total. The number of para-hydroxylation sites is 1. The molecule has 0 unspecified atom stereocenters. The minimum atomic E-state index is -0.483. The van der Waals surface area contributed by atoms with Crippen LogP contribution in [0.25, 0.3) is 5.70 Å². The van der Waals surface area contributed by atoms with Crippen LogP contribution in [0.5, 0.6) is 5.75 Å². The lowest BCUT2D eigenvalue weighted by Crippen LogP contribution is -2.50. The fourth-order valence-electron chi connectivity index (χ4n) is 3.14. The SMILES string of the molecule is CCSC1=NN2C(=c3cc(Br)ccc3=N[C@H]2c2ccccc2OC)C(=O)N1. The molecular formula is C19H17BrN4O2S. The summed E-state index contributed by atoms with van der Waals surface area (Å²) in [5, 5.41) is 11.3. The zero-order chi connectivity index (χ0) is 19.0. The summed E-state index contributed by atoms with van der Waals surface area (Å²) in [7, 11) is 1.63. The van der Waals surface area contributed by atoms with Crippen LogP contribution in [0.1, 0.15) is 18.7 Å². The number of fused-ring (bicyclic) bond motifs is 2. The molecule has 0 fully saturated rings. The maximum Gasteiger partial charge on any atom is 0.276 e. The molecule has 27 heavy (non-hydrogen) atoms. The first-order valence-electron chi connectivity index (χ1n) is 8.45. The van der Waals surface area contributed by atoms with Crippen molar-refractivity contribution >= 4 is 44.5 Å². The largest absolute Gasteiger partial charge is 0.496 e. The normalized spacial score (nSPS) is 18.1. The van der Waals surface area contributed by atoms with E-state index in [1.165, 1.54) is 11.8 Å². The van der Waals surface area contributed by atoms with Gasteiger partial charge in [0.2, 0.25) is 0 Å². The molecule has 0 aromatic heterocycles. The Balaban J connectivity index is 1.99. The van der Waals surface area contributed by atoms with Crippen molar-refractivity contribution in [3.63, 3.8) is 0 Å². The number of carbonyl (C=O) groups excluding carboxylic acids is 1. The monoisotopic (exact) mass is 444 g/mol. The molecule has 138 valence electrons. The molecule has 2 aliphatic rings. The number of benzene rings is 2. The fourth-order valence-corrected chi connectivity index (χ4v) is 4.08. The first-order valence-corrected chi connectivity index (χ1v) is 10.2. The second-order valence-corrected chi connectivity index (χ2v) is 8.06. The van der Waals surface area contributed by atoms with E-state index in [9.17, 15) is 4.79 Å². The minimum Gasteiger partial charge on any atom is -0.496 e. The highest BCUT2D eigenvalue weighted by molar-refractivity contribution is 9.10. The molecule has 0 radical (unpaired) electrons. The lowest BCUT2D eigenvalue weighted by Gasteiger charge is -2.34. The highest BCUT2D eigenvalue weighted by atomic mass is 79.9. The number of halogens is 1. The predicted octanol–water partition coefficient (Wildman–Crippen LogP) is 2.35. The average molecular weight is 445 g/mol. The third-order valence-electron chi connectivity index (χ3n) is 4.27. The van der Waals surface area contributed by atoms with Crippen molar-refractivity contribution in [3.8, 4) is 5.75 Å². The van der Waals surface area contributed by atoms with Crippen LogP contribution in [0.15, 0.2) is 57.0 Å². The quantitative estimate of drug-likeness (QED) is 0.788. The van der Waals surface area contributed by atoms with Gasteiger partial charge in [-0.1, -0.05) is 52.8 Å². The summed E-state index contributed by atoms with van der Waals surface area (Å²) in [6.45, 7) is 2.02. The van der Waals surface area contributed by atoms with Gasteiger partial charge in [0.05, 0.1) is 12.5 Å². The number of rotatable bonds is 3. The fraction of sp³-hybridized carbons (Fsp3) is 0.211. The van der Waals surface area contributed by atoms with Crippen molar-refractivity contribution in [1.82, 2.24) is 10.3 Å². The molecule has 2 aromatic rings. The van der Waals surface area contributed by atoms with Crippen LogP contribution >= 0.6 is 27.7 Å². The van der Waals surface area contributed by atoms with E-state index < -0.39 is 6.17 Å². The number of amidine groups is 1. The van der Waals surface area contributed by atoms with E-state index in [4.69, 9.17) is 9.73 Å². The summed E-state index contributed by atoms with van der Waals surface area (Å²) in [5.74, 6) is 1.33. The summed E-state index contributed by atoms with van der Waals surface area (Å²) < 4.78 is 6.41. The van der Waals surface area contributed by atoms with Gasteiger partial charge in [0.1, 0.15) is 11.4 Å². The Kier molecular flexibility index (Phi) is 4.92. The van der Waals surface area contributed by atoms with Crippen molar-refractivity contribution < 1.29 is 9.53 Å². The van der Waals surface area contributed by atoms with Crippen LogP contribution in [0.4, 0.5) is 0 Å². The van der Waals surface area contributed by atoms with Crippen molar-refractivity contribution in [1.29, 1.82) is 0 Å². The molecule has 2 aliphatic heterocycles. The van der Waals surface area contributed by atoms with Gasteiger partial charge in [0.15, 0.2) is 11.3 Å². The van der Waals surface area contributed by atoms with Gasteiger partial charge in [-0.05, 0) is 30.0 Å². The Morgan fingerprint density at radius 3 is 2.89 bits per heavy atom. The number of carbonyl (C=O) groups is 1. The number of ether oxygens (including phenoxy) is 1. The van der Waals surface area contributed by atoms with E-state index in [-0.39, 0.29) is 5.91 Å². The lowest BCUT2D eigenvalue weighted by atomic mass is 10.1.